The molecule has 0 aromatic carbocycles. The Kier molecular flexibility index (Phi) is 4.22. The highest BCUT2D eigenvalue weighted by molar-refractivity contribution is 9.10. The number of anilines is 1. The lowest BCUT2D eigenvalue weighted by atomic mass is 9.91. The van der Waals surface area contributed by atoms with E-state index in [0.717, 1.165) is 0 Å². The highest BCUT2D eigenvalue weighted by atomic mass is 79.9. The number of halogens is 1. The van der Waals surface area contributed by atoms with E-state index >= 15 is 0 Å². The first-order chi connectivity index (χ1) is 9.40. The summed E-state index contributed by atoms with van der Waals surface area (Å²) < 4.78 is 0.543. The Bertz CT molecular complexity index is 552. The summed E-state index contributed by atoms with van der Waals surface area (Å²) in [7, 11) is 0. The Balaban J connectivity index is 2.29. The molecule has 1 aliphatic heterocycles. The van der Waals surface area contributed by atoms with Crippen molar-refractivity contribution in [3.05, 3.63) is 26.9 Å². The Morgan fingerprint density at radius 1 is 1.65 bits per heavy atom. The largest absolute Gasteiger partial charge is 0.481 e. The summed E-state index contributed by atoms with van der Waals surface area (Å²) in [5, 5.41) is 20.2. The van der Waals surface area contributed by atoms with E-state index in [1.807, 2.05) is 11.8 Å². The number of aliphatic carboxylic acids is 1. The van der Waals surface area contributed by atoms with Gasteiger partial charge in [0.1, 0.15) is 0 Å². The molecule has 0 amide bonds. The van der Waals surface area contributed by atoms with Crippen LogP contribution in [0.1, 0.15) is 19.8 Å². The minimum atomic E-state index is -0.810. The Morgan fingerprint density at radius 3 is 2.90 bits per heavy atom. The summed E-state index contributed by atoms with van der Waals surface area (Å²) >= 11 is 3.17. The van der Waals surface area contributed by atoms with Crippen LogP contribution in [0.5, 0.6) is 0 Å². The van der Waals surface area contributed by atoms with Crippen molar-refractivity contribution in [3.8, 4) is 0 Å². The predicted octanol–water partition coefficient (Wildman–Crippen LogP) is 2.44. The third kappa shape index (κ3) is 2.90. The van der Waals surface area contributed by atoms with Crippen LogP contribution in [0.25, 0.3) is 0 Å². The number of rotatable bonds is 3. The van der Waals surface area contributed by atoms with Gasteiger partial charge in [0.25, 0.3) is 0 Å². The molecule has 2 rings (SSSR count). The maximum Gasteiger partial charge on any atom is 0.312 e. The van der Waals surface area contributed by atoms with Crippen LogP contribution in [0, 0.1) is 16.0 Å². The number of piperidine rings is 1. The summed E-state index contributed by atoms with van der Waals surface area (Å²) in [6.45, 7) is 2.32. The van der Waals surface area contributed by atoms with Crippen molar-refractivity contribution in [3.63, 3.8) is 0 Å². The number of nitro groups is 1. The molecule has 1 aromatic heterocycles. The lowest BCUT2D eigenvalue weighted by molar-refractivity contribution is -0.384. The van der Waals surface area contributed by atoms with E-state index in [-0.39, 0.29) is 11.7 Å². The fourth-order valence-corrected chi connectivity index (χ4v) is 2.81. The second kappa shape index (κ2) is 5.74. The number of aromatic nitrogens is 1. The molecule has 20 heavy (non-hydrogen) atoms. The van der Waals surface area contributed by atoms with E-state index in [0.29, 0.717) is 29.7 Å². The summed E-state index contributed by atoms with van der Waals surface area (Å²) in [6.07, 6.45) is 2.44. The maximum atomic E-state index is 11.1. The van der Waals surface area contributed by atoms with Gasteiger partial charge in [-0.05, 0) is 35.7 Å². The van der Waals surface area contributed by atoms with Crippen molar-refractivity contribution in [1.82, 2.24) is 4.98 Å². The van der Waals surface area contributed by atoms with Crippen LogP contribution >= 0.6 is 15.9 Å². The van der Waals surface area contributed by atoms with Gasteiger partial charge in [-0.15, -0.1) is 0 Å². The molecule has 2 atom stereocenters. The van der Waals surface area contributed by atoms with Crippen LogP contribution in [0.4, 0.5) is 11.5 Å². The molecule has 1 saturated heterocycles. The third-order valence-electron chi connectivity index (χ3n) is 3.51. The van der Waals surface area contributed by atoms with E-state index in [1.165, 1.54) is 12.3 Å². The van der Waals surface area contributed by atoms with E-state index in [1.54, 1.807) is 0 Å². The number of carbonyl (C=O) groups is 1. The molecular weight excluding hydrogens is 330 g/mol. The highest BCUT2D eigenvalue weighted by Gasteiger charge is 2.33. The topological polar surface area (TPSA) is 96.6 Å². The fraction of sp³-hybridized carbons (Fsp3) is 0.500. The molecule has 1 N–H and O–H groups in total. The second-order valence-corrected chi connectivity index (χ2v) is 5.77. The van der Waals surface area contributed by atoms with Crippen molar-refractivity contribution in [2.24, 2.45) is 5.92 Å². The van der Waals surface area contributed by atoms with E-state index in [4.69, 9.17) is 5.11 Å². The van der Waals surface area contributed by atoms with Crippen LogP contribution in [0.15, 0.2) is 16.7 Å². The minimum Gasteiger partial charge on any atom is -0.481 e. The van der Waals surface area contributed by atoms with Gasteiger partial charge < -0.3 is 10.0 Å². The Hall–Kier alpha value is -1.70. The highest BCUT2D eigenvalue weighted by Crippen LogP contribution is 2.34. The monoisotopic (exact) mass is 343 g/mol. The number of carboxylic acid groups (broad SMARTS) is 1. The molecule has 1 aliphatic rings. The molecule has 0 radical (unpaired) electrons. The summed E-state index contributed by atoms with van der Waals surface area (Å²) in [5.41, 5.74) is -0.0694. The first-order valence-electron chi connectivity index (χ1n) is 6.19. The van der Waals surface area contributed by atoms with Gasteiger partial charge in [0, 0.05) is 29.3 Å². The zero-order chi connectivity index (χ0) is 14.9. The van der Waals surface area contributed by atoms with Crippen molar-refractivity contribution in [2.75, 3.05) is 11.4 Å². The molecule has 2 unspecified atom stereocenters. The van der Waals surface area contributed by atoms with Crippen LogP contribution < -0.4 is 4.90 Å². The maximum absolute atomic E-state index is 11.1. The zero-order valence-corrected chi connectivity index (χ0v) is 12.4. The minimum absolute atomic E-state index is 0.0694. The molecular formula is C12H14BrN3O4. The Labute approximate surface area is 123 Å². The molecule has 0 spiro atoms. The van der Waals surface area contributed by atoms with Gasteiger partial charge in [-0.2, -0.15) is 0 Å². The average molecular weight is 344 g/mol. The first kappa shape index (κ1) is 14.7. The molecule has 108 valence electrons. The van der Waals surface area contributed by atoms with Crippen molar-refractivity contribution in [2.45, 2.75) is 25.8 Å². The van der Waals surface area contributed by atoms with E-state index < -0.39 is 16.8 Å². The molecule has 0 bridgehead atoms. The lowest BCUT2D eigenvalue weighted by Crippen LogP contribution is -2.43. The number of carboxylic acids is 1. The first-order valence-corrected chi connectivity index (χ1v) is 6.99. The number of hydrogen-bond acceptors (Lipinski definition) is 5. The normalized spacial score (nSPS) is 22.6. The SMILES string of the molecule is CC1CC(C(=O)O)CCN1c1ncc(Br)cc1[N+](=O)[O-]. The van der Waals surface area contributed by atoms with Gasteiger partial charge in [0.15, 0.2) is 0 Å². The van der Waals surface area contributed by atoms with Crippen LogP contribution in [0.2, 0.25) is 0 Å². The average Bonchev–Trinajstić information content (AvgIpc) is 2.38. The van der Waals surface area contributed by atoms with Gasteiger partial charge in [-0.3, -0.25) is 14.9 Å². The lowest BCUT2D eigenvalue weighted by Gasteiger charge is -2.36. The van der Waals surface area contributed by atoms with Crippen LogP contribution in [-0.2, 0) is 4.79 Å². The summed E-state index contributed by atoms with van der Waals surface area (Å²) in [5.74, 6) is -0.903. The van der Waals surface area contributed by atoms with Gasteiger partial charge in [-0.1, -0.05) is 0 Å². The second-order valence-electron chi connectivity index (χ2n) is 4.86. The molecule has 1 aromatic rings. The number of pyridine rings is 1. The van der Waals surface area contributed by atoms with Crippen LogP contribution in [0.3, 0.4) is 0 Å². The predicted molar refractivity (Wildman–Crippen MR) is 75.8 cm³/mol. The van der Waals surface area contributed by atoms with Gasteiger partial charge in [0.05, 0.1) is 10.8 Å². The number of hydrogen-bond donors (Lipinski definition) is 1. The molecule has 8 heteroatoms. The zero-order valence-electron chi connectivity index (χ0n) is 10.8. The molecule has 1 fully saturated rings. The Morgan fingerprint density at radius 2 is 2.35 bits per heavy atom. The molecule has 2 heterocycles. The van der Waals surface area contributed by atoms with Crippen molar-refractivity contribution < 1.29 is 14.8 Å². The third-order valence-corrected chi connectivity index (χ3v) is 3.94. The quantitative estimate of drug-likeness (QED) is 0.668. The van der Waals surface area contributed by atoms with Crippen molar-refractivity contribution >= 4 is 33.4 Å². The van der Waals surface area contributed by atoms with E-state index in [9.17, 15) is 14.9 Å². The van der Waals surface area contributed by atoms with E-state index in [2.05, 4.69) is 20.9 Å². The van der Waals surface area contributed by atoms with Gasteiger partial charge in [-0.25, -0.2) is 4.98 Å². The molecule has 0 saturated carbocycles. The molecule has 0 aliphatic carbocycles. The number of nitrogens with zero attached hydrogens (tertiary/aromatic N) is 3. The smallest absolute Gasteiger partial charge is 0.312 e. The van der Waals surface area contributed by atoms with Crippen LogP contribution in [-0.4, -0.2) is 33.6 Å². The van der Waals surface area contributed by atoms with Gasteiger partial charge >= 0.3 is 11.7 Å². The summed E-state index contributed by atoms with van der Waals surface area (Å²) in [6, 6.07) is 1.32. The standard InChI is InChI=1S/C12H14BrN3O4/c1-7-4-8(12(17)18)2-3-15(7)11-10(16(19)20)5-9(13)6-14-11/h5-8H,2-4H2,1H3,(H,17,18). The fourth-order valence-electron chi connectivity index (χ4n) is 2.49. The van der Waals surface area contributed by atoms with Gasteiger partial charge in [0.2, 0.25) is 5.82 Å². The van der Waals surface area contributed by atoms with Crippen molar-refractivity contribution in [1.29, 1.82) is 0 Å². The molecule has 7 nitrogen and oxygen atoms in total. The summed E-state index contributed by atoms with van der Waals surface area (Å²) in [4.78, 5) is 27.6.